The second-order valence-electron chi connectivity index (χ2n) is 7.22. The number of benzene rings is 2. The highest BCUT2D eigenvalue weighted by molar-refractivity contribution is 5.86. The van der Waals surface area contributed by atoms with E-state index in [9.17, 15) is 14.7 Å². The van der Waals surface area contributed by atoms with Crippen molar-refractivity contribution in [1.29, 1.82) is 0 Å². The second kappa shape index (κ2) is 8.91. The molecule has 0 spiro atoms. The van der Waals surface area contributed by atoms with E-state index in [0.717, 1.165) is 30.4 Å². The van der Waals surface area contributed by atoms with Crippen LogP contribution in [0.15, 0.2) is 60.7 Å². The fourth-order valence-electron chi connectivity index (χ4n) is 4.35. The maximum atomic E-state index is 13.0. The molecule has 28 heavy (non-hydrogen) atoms. The highest BCUT2D eigenvalue weighted by atomic mass is 16.6. The molecule has 2 atom stereocenters. The number of amides is 1. The van der Waals surface area contributed by atoms with Crippen molar-refractivity contribution in [2.45, 2.75) is 50.7 Å². The smallest absolute Gasteiger partial charge is 0.411 e. The average Bonchev–Trinajstić information content (AvgIpc) is 2.74. The number of hydrogen-bond acceptors (Lipinski definition) is 3. The Hall–Kier alpha value is -2.82. The van der Waals surface area contributed by atoms with Crippen LogP contribution >= 0.6 is 0 Å². The Balaban J connectivity index is 1.90. The molecular weight excluding hydrogens is 354 g/mol. The highest BCUT2D eigenvalue weighted by Gasteiger charge is 2.54. The monoisotopic (exact) mass is 381 g/mol. The van der Waals surface area contributed by atoms with Gasteiger partial charge in [-0.3, -0.25) is 4.90 Å². The summed E-state index contributed by atoms with van der Waals surface area (Å²) in [5.74, 6) is -1.22. The number of carboxylic acid groups (broad SMARTS) is 1. The molecule has 2 unspecified atom stereocenters. The van der Waals surface area contributed by atoms with Crippen molar-refractivity contribution in [1.82, 2.24) is 4.90 Å². The molecule has 0 aromatic heterocycles. The van der Waals surface area contributed by atoms with Crippen molar-refractivity contribution in [3.05, 3.63) is 71.8 Å². The van der Waals surface area contributed by atoms with Crippen LogP contribution in [-0.4, -0.2) is 34.2 Å². The number of rotatable bonds is 6. The topological polar surface area (TPSA) is 66.8 Å². The number of hydrogen-bond donors (Lipinski definition) is 1. The first-order chi connectivity index (χ1) is 13.6. The van der Waals surface area contributed by atoms with Crippen molar-refractivity contribution in [2.75, 3.05) is 6.54 Å². The Labute approximate surface area is 165 Å². The van der Waals surface area contributed by atoms with Gasteiger partial charge in [-0.05, 0) is 30.9 Å². The Morgan fingerprint density at radius 3 is 2.32 bits per heavy atom. The minimum atomic E-state index is -1.29. The van der Waals surface area contributed by atoms with Gasteiger partial charge in [-0.15, -0.1) is 0 Å². The maximum Gasteiger partial charge on any atom is 0.411 e. The van der Waals surface area contributed by atoms with Gasteiger partial charge in [0.15, 0.2) is 0 Å². The maximum absolute atomic E-state index is 13.0. The summed E-state index contributed by atoms with van der Waals surface area (Å²) in [5.41, 5.74) is 0.542. The summed E-state index contributed by atoms with van der Waals surface area (Å²) >= 11 is 0. The number of nitrogens with zero attached hydrogens (tertiary/aromatic N) is 1. The summed E-state index contributed by atoms with van der Waals surface area (Å²) in [6, 6.07) is 19.1. The molecule has 0 radical (unpaired) electrons. The Kier molecular flexibility index (Phi) is 6.34. The van der Waals surface area contributed by atoms with Gasteiger partial charge in [-0.1, -0.05) is 73.5 Å². The minimum Gasteiger partial charge on any atom is -0.479 e. The third-order valence-electron chi connectivity index (χ3n) is 5.67. The first kappa shape index (κ1) is 19.9. The summed E-state index contributed by atoms with van der Waals surface area (Å²) in [7, 11) is 0. The number of carbonyl (C=O) groups is 2. The molecule has 1 amide bonds. The van der Waals surface area contributed by atoms with Crippen LogP contribution in [-0.2, 0) is 16.1 Å². The molecule has 148 valence electrons. The molecule has 2 aromatic carbocycles. The van der Waals surface area contributed by atoms with Crippen molar-refractivity contribution >= 4 is 12.1 Å². The van der Waals surface area contributed by atoms with Crippen LogP contribution in [0.5, 0.6) is 0 Å². The minimum absolute atomic E-state index is 0.127. The van der Waals surface area contributed by atoms with E-state index >= 15 is 0 Å². The van der Waals surface area contributed by atoms with E-state index in [1.165, 1.54) is 4.90 Å². The van der Waals surface area contributed by atoms with Crippen molar-refractivity contribution in [3.63, 3.8) is 0 Å². The van der Waals surface area contributed by atoms with E-state index < -0.39 is 17.6 Å². The lowest BCUT2D eigenvalue weighted by Crippen LogP contribution is -2.61. The molecule has 0 aliphatic heterocycles. The lowest BCUT2D eigenvalue weighted by atomic mass is 9.68. The molecule has 1 N–H and O–H groups in total. The summed E-state index contributed by atoms with van der Waals surface area (Å²) in [4.78, 5) is 27.0. The van der Waals surface area contributed by atoms with Crippen LogP contribution in [0.2, 0.25) is 0 Å². The summed E-state index contributed by atoms with van der Waals surface area (Å²) in [6.45, 7) is 2.22. The van der Waals surface area contributed by atoms with E-state index in [0.29, 0.717) is 6.42 Å². The lowest BCUT2D eigenvalue weighted by Gasteiger charge is -2.47. The number of aliphatic carboxylic acids is 1. The molecule has 1 fully saturated rings. The SMILES string of the molecule is CCN(C(=O)OCc1ccccc1)C1(C(=O)O)CCCCC1c1ccccc1. The van der Waals surface area contributed by atoms with Crippen LogP contribution in [0.3, 0.4) is 0 Å². The van der Waals surface area contributed by atoms with Gasteiger partial charge in [0, 0.05) is 12.5 Å². The van der Waals surface area contributed by atoms with Crippen molar-refractivity contribution in [2.24, 2.45) is 0 Å². The van der Waals surface area contributed by atoms with Crippen LogP contribution in [0.25, 0.3) is 0 Å². The number of carboxylic acids is 1. The number of ether oxygens (including phenoxy) is 1. The Morgan fingerprint density at radius 2 is 1.71 bits per heavy atom. The fraction of sp³-hybridized carbons (Fsp3) is 0.391. The number of likely N-dealkylation sites (N-methyl/N-ethyl adjacent to an activating group) is 1. The standard InChI is InChI=1S/C23H27NO4/c1-2-24(22(27)28-17-18-11-5-3-6-12-18)23(21(25)26)16-10-9-15-20(23)19-13-7-4-8-14-19/h3-8,11-14,20H,2,9-10,15-17H2,1H3,(H,25,26). The van der Waals surface area contributed by atoms with E-state index in [4.69, 9.17) is 4.74 Å². The van der Waals surface area contributed by atoms with Crippen LogP contribution in [0.1, 0.15) is 49.7 Å². The quantitative estimate of drug-likeness (QED) is 0.778. The molecule has 2 aromatic rings. The first-order valence-corrected chi connectivity index (χ1v) is 9.86. The lowest BCUT2D eigenvalue weighted by molar-refractivity contribution is -0.154. The van der Waals surface area contributed by atoms with Gasteiger partial charge in [-0.2, -0.15) is 0 Å². The molecule has 0 saturated heterocycles. The predicted octanol–water partition coefficient (Wildman–Crippen LogP) is 4.83. The van der Waals surface area contributed by atoms with Crippen LogP contribution < -0.4 is 0 Å². The van der Waals surface area contributed by atoms with E-state index in [-0.39, 0.29) is 19.1 Å². The largest absolute Gasteiger partial charge is 0.479 e. The number of carbonyl (C=O) groups excluding carboxylic acids is 1. The zero-order valence-corrected chi connectivity index (χ0v) is 16.2. The summed E-state index contributed by atoms with van der Waals surface area (Å²) in [5, 5.41) is 10.3. The molecule has 1 aliphatic rings. The van der Waals surface area contributed by atoms with Gasteiger partial charge < -0.3 is 9.84 Å². The average molecular weight is 381 g/mol. The normalized spacial score (nSPS) is 21.7. The van der Waals surface area contributed by atoms with E-state index in [1.807, 2.05) is 67.6 Å². The molecule has 3 rings (SSSR count). The van der Waals surface area contributed by atoms with Crippen LogP contribution in [0, 0.1) is 0 Å². The first-order valence-electron chi connectivity index (χ1n) is 9.86. The van der Waals surface area contributed by atoms with Gasteiger partial charge in [0.25, 0.3) is 0 Å². The third-order valence-corrected chi connectivity index (χ3v) is 5.67. The second-order valence-corrected chi connectivity index (χ2v) is 7.22. The van der Waals surface area contributed by atoms with Crippen molar-refractivity contribution < 1.29 is 19.4 Å². The van der Waals surface area contributed by atoms with Gasteiger partial charge >= 0.3 is 12.1 Å². The van der Waals surface area contributed by atoms with Gasteiger partial charge in [0.1, 0.15) is 12.1 Å². The zero-order chi connectivity index (χ0) is 20.0. The van der Waals surface area contributed by atoms with Crippen LogP contribution in [0.4, 0.5) is 4.79 Å². The third kappa shape index (κ3) is 3.88. The van der Waals surface area contributed by atoms with E-state index in [1.54, 1.807) is 0 Å². The Bertz CT molecular complexity index is 793. The molecular formula is C23H27NO4. The van der Waals surface area contributed by atoms with Gasteiger partial charge in [-0.25, -0.2) is 9.59 Å². The summed E-state index contributed by atoms with van der Waals surface area (Å²) in [6.07, 6.45) is 2.31. The molecule has 1 aliphatic carbocycles. The van der Waals surface area contributed by atoms with Gasteiger partial charge in [0.2, 0.25) is 0 Å². The zero-order valence-electron chi connectivity index (χ0n) is 16.2. The predicted molar refractivity (Wildman–Crippen MR) is 107 cm³/mol. The summed E-state index contributed by atoms with van der Waals surface area (Å²) < 4.78 is 5.52. The fourth-order valence-corrected chi connectivity index (χ4v) is 4.35. The molecule has 0 heterocycles. The molecule has 5 nitrogen and oxygen atoms in total. The van der Waals surface area contributed by atoms with Crippen molar-refractivity contribution in [3.8, 4) is 0 Å². The van der Waals surface area contributed by atoms with E-state index in [2.05, 4.69) is 0 Å². The van der Waals surface area contributed by atoms with Gasteiger partial charge in [0.05, 0.1) is 0 Å². The highest BCUT2D eigenvalue weighted by Crippen LogP contribution is 2.45. The molecule has 5 heteroatoms. The molecule has 0 bridgehead atoms. The molecule has 1 saturated carbocycles. The Morgan fingerprint density at radius 1 is 1.07 bits per heavy atom.